The lowest BCUT2D eigenvalue weighted by atomic mass is 9.91. The third-order valence-corrected chi connectivity index (χ3v) is 5.63. The van der Waals surface area contributed by atoms with Crippen molar-refractivity contribution in [2.75, 3.05) is 58.3 Å². The number of benzene rings is 1. The molecule has 8 nitrogen and oxygen atoms in total. The second kappa shape index (κ2) is 10.4. The first-order valence-electron chi connectivity index (χ1n) is 10.5. The zero-order valence-electron chi connectivity index (χ0n) is 17.7. The molecule has 0 radical (unpaired) electrons. The Hall–Kier alpha value is -2.71. The molecule has 1 aliphatic heterocycles. The van der Waals surface area contributed by atoms with E-state index in [1.54, 1.807) is 0 Å². The van der Waals surface area contributed by atoms with E-state index in [1.807, 2.05) is 38.4 Å². The Morgan fingerprint density at radius 3 is 2.53 bits per heavy atom. The van der Waals surface area contributed by atoms with Gasteiger partial charge in [-0.1, -0.05) is 24.3 Å². The zero-order chi connectivity index (χ0) is 21.5. The van der Waals surface area contributed by atoms with Crippen molar-refractivity contribution in [3.05, 3.63) is 64.4 Å². The number of carbonyl (C=O) groups is 1. The lowest BCUT2D eigenvalue weighted by Crippen LogP contribution is -2.54. The van der Waals surface area contributed by atoms with Crippen LogP contribution >= 0.6 is 0 Å². The van der Waals surface area contributed by atoms with Gasteiger partial charge >= 0.3 is 0 Å². The second-order valence-corrected chi connectivity index (χ2v) is 8.03. The normalized spacial score (nSPS) is 22.1. The molecule has 1 aromatic rings. The Balaban J connectivity index is 1.64. The molecular formula is C22H31N5O3. The maximum Gasteiger partial charge on any atom is 0.266 e. The molecule has 2 aliphatic rings. The molecule has 2 unspecified atom stereocenters. The fourth-order valence-electron chi connectivity index (χ4n) is 4.00. The van der Waals surface area contributed by atoms with Crippen LogP contribution < -0.4 is 10.2 Å². The number of para-hydroxylation sites is 1. The van der Waals surface area contributed by atoms with Gasteiger partial charge in [-0.2, -0.15) is 0 Å². The number of nitrogens with zero attached hydrogens (tertiary/aromatic N) is 4. The maximum absolute atomic E-state index is 12.9. The van der Waals surface area contributed by atoms with Crippen LogP contribution in [0, 0.1) is 16.0 Å². The largest absolute Gasteiger partial charge is 0.369 e. The molecule has 162 valence electrons. The average Bonchev–Trinajstić information content (AvgIpc) is 2.76. The number of piperazine rings is 1. The molecule has 0 bridgehead atoms. The van der Waals surface area contributed by atoms with Gasteiger partial charge in [-0.3, -0.25) is 19.8 Å². The van der Waals surface area contributed by atoms with Crippen LogP contribution in [-0.4, -0.2) is 80.0 Å². The molecule has 1 aliphatic carbocycles. The summed E-state index contributed by atoms with van der Waals surface area (Å²) in [4.78, 5) is 30.4. The quantitative estimate of drug-likeness (QED) is 0.396. The Labute approximate surface area is 178 Å². The average molecular weight is 414 g/mol. The van der Waals surface area contributed by atoms with Crippen LogP contribution in [0.4, 0.5) is 5.69 Å². The van der Waals surface area contributed by atoms with E-state index in [2.05, 4.69) is 32.1 Å². The molecule has 3 rings (SSSR count). The van der Waals surface area contributed by atoms with Crippen LogP contribution in [-0.2, 0) is 4.79 Å². The monoisotopic (exact) mass is 413 g/mol. The minimum absolute atomic E-state index is 0.0115. The Morgan fingerprint density at radius 2 is 1.90 bits per heavy atom. The maximum atomic E-state index is 12.9. The highest BCUT2D eigenvalue weighted by Crippen LogP contribution is 2.25. The topological polar surface area (TPSA) is 82.0 Å². The first kappa shape index (κ1) is 22.0. The van der Waals surface area contributed by atoms with Gasteiger partial charge in [-0.15, -0.1) is 0 Å². The first-order valence-corrected chi connectivity index (χ1v) is 10.5. The smallest absolute Gasteiger partial charge is 0.266 e. The highest BCUT2D eigenvalue weighted by molar-refractivity contribution is 5.82. The van der Waals surface area contributed by atoms with Crippen molar-refractivity contribution in [3.8, 4) is 0 Å². The zero-order valence-corrected chi connectivity index (χ0v) is 17.7. The van der Waals surface area contributed by atoms with Gasteiger partial charge in [0.25, 0.3) is 5.70 Å². The summed E-state index contributed by atoms with van der Waals surface area (Å²) in [5, 5.41) is 14.2. The van der Waals surface area contributed by atoms with Crippen molar-refractivity contribution < 1.29 is 9.72 Å². The van der Waals surface area contributed by atoms with E-state index in [0.29, 0.717) is 6.54 Å². The van der Waals surface area contributed by atoms with Gasteiger partial charge in [0.05, 0.1) is 10.8 Å². The molecular weight excluding hydrogens is 382 g/mol. The fourth-order valence-corrected chi connectivity index (χ4v) is 4.00. The van der Waals surface area contributed by atoms with Gasteiger partial charge in [0.1, 0.15) is 0 Å². The van der Waals surface area contributed by atoms with Crippen molar-refractivity contribution >= 4 is 11.6 Å². The Morgan fingerprint density at radius 1 is 1.20 bits per heavy atom. The third kappa shape index (κ3) is 5.67. The highest BCUT2D eigenvalue weighted by Gasteiger charge is 2.35. The second-order valence-electron chi connectivity index (χ2n) is 8.03. The SMILES string of the molecule is CN(C)CCCNC(=O)C1C=C([N+](=O)[O-])C=CC1N1CCN(c2ccccc2)CC1. The summed E-state index contributed by atoms with van der Waals surface area (Å²) in [6.07, 6.45) is 5.70. The number of allylic oxidation sites excluding steroid dienone is 1. The number of carbonyl (C=O) groups excluding carboxylic acids is 1. The van der Waals surface area contributed by atoms with Crippen molar-refractivity contribution in [1.82, 2.24) is 15.1 Å². The van der Waals surface area contributed by atoms with Crippen LogP contribution in [0.25, 0.3) is 0 Å². The highest BCUT2D eigenvalue weighted by atomic mass is 16.6. The lowest BCUT2D eigenvalue weighted by Gasteiger charge is -2.41. The third-order valence-electron chi connectivity index (χ3n) is 5.63. The molecule has 2 atom stereocenters. The van der Waals surface area contributed by atoms with Crippen LogP contribution in [0.2, 0.25) is 0 Å². The number of nitrogens with one attached hydrogen (secondary N) is 1. The van der Waals surface area contributed by atoms with Crippen molar-refractivity contribution in [2.45, 2.75) is 12.5 Å². The van der Waals surface area contributed by atoms with Crippen LogP contribution in [0.3, 0.4) is 0 Å². The summed E-state index contributed by atoms with van der Waals surface area (Å²) < 4.78 is 0. The number of amides is 1. The summed E-state index contributed by atoms with van der Waals surface area (Å²) in [6.45, 7) is 4.76. The summed E-state index contributed by atoms with van der Waals surface area (Å²) in [7, 11) is 3.98. The minimum atomic E-state index is -0.557. The van der Waals surface area contributed by atoms with Crippen LogP contribution in [0.15, 0.2) is 54.3 Å². The number of hydrogen-bond donors (Lipinski definition) is 1. The molecule has 0 saturated carbocycles. The Bertz CT molecular complexity index is 785. The number of anilines is 1. The van der Waals surface area contributed by atoms with E-state index < -0.39 is 10.8 Å². The van der Waals surface area contributed by atoms with E-state index in [-0.39, 0.29) is 17.6 Å². The number of hydrogen-bond acceptors (Lipinski definition) is 6. The number of nitro groups is 1. The fraction of sp³-hybridized carbons (Fsp3) is 0.500. The Kier molecular flexibility index (Phi) is 7.59. The predicted octanol–water partition coefficient (Wildman–Crippen LogP) is 1.59. The molecule has 0 aromatic heterocycles. The molecule has 0 spiro atoms. The van der Waals surface area contributed by atoms with E-state index >= 15 is 0 Å². The lowest BCUT2D eigenvalue weighted by molar-refractivity contribution is -0.419. The van der Waals surface area contributed by atoms with Crippen molar-refractivity contribution in [2.24, 2.45) is 5.92 Å². The molecule has 1 fully saturated rings. The van der Waals surface area contributed by atoms with Gasteiger partial charge in [0.15, 0.2) is 0 Å². The van der Waals surface area contributed by atoms with Crippen molar-refractivity contribution in [1.29, 1.82) is 0 Å². The predicted molar refractivity (Wildman–Crippen MR) is 118 cm³/mol. The molecule has 1 amide bonds. The molecule has 1 saturated heterocycles. The molecule has 1 N–H and O–H groups in total. The minimum Gasteiger partial charge on any atom is -0.369 e. The number of rotatable bonds is 8. The van der Waals surface area contributed by atoms with Gasteiger partial charge in [0, 0.05) is 56.6 Å². The molecule has 1 aromatic carbocycles. The van der Waals surface area contributed by atoms with E-state index in [0.717, 1.165) is 39.1 Å². The summed E-state index contributed by atoms with van der Waals surface area (Å²) in [5.74, 6) is -0.703. The summed E-state index contributed by atoms with van der Waals surface area (Å²) >= 11 is 0. The standard InChI is InChI=1S/C22H31N5O3/c1-24(2)12-6-11-23-22(28)20-17-19(27(29)30)9-10-21(20)26-15-13-25(14-16-26)18-7-4-3-5-8-18/h3-5,7-10,17,20-21H,6,11-16H2,1-2H3,(H,23,28). The van der Waals surface area contributed by atoms with Crippen LogP contribution in [0.1, 0.15) is 6.42 Å². The van der Waals surface area contributed by atoms with Crippen LogP contribution in [0.5, 0.6) is 0 Å². The van der Waals surface area contributed by atoms with Gasteiger partial charge in [0.2, 0.25) is 5.91 Å². The van der Waals surface area contributed by atoms with E-state index in [4.69, 9.17) is 0 Å². The molecule has 8 heteroatoms. The van der Waals surface area contributed by atoms with E-state index in [9.17, 15) is 14.9 Å². The van der Waals surface area contributed by atoms with E-state index in [1.165, 1.54) is 17.8 Å². The van der Waals surface area contributed by atoms with Crippen molar-refractivity contribution in [3.63, 3.8) is 0 Å². The van der Waals surface area contributed by atoms with Gasteiger partial charge in [-0.05, 0) is 39.2 Å². The molecule has 30 heavy (non-hydrogen) atoms. The summed E-state index contributed by atoms with van der Waals surface area (Å²) in [5.41, 5.74) is 1.18. The molecule has 1 heterocycles. The van der Waals surface area contributed by atoms with Gasteiger partial charge in [-0.25, -0.2) is 0 Å². The first-order chi connectivity index (χ1) is 14.5. The summed E-state index contributed by atoms with van der Waals surface area (Å²) in [6, 6.07) is 10.1. The van der Waals surface area contributed by atoms with Gasteiger partial charge < -0.3 is 15.1 Å².